The molecule has 1 aliphatic heterocycles. The SMILES string of the molecule is O=c1cc2c(nn1CC1CCCN1c1nc(C3CCC3)ns1)CCCC2. The number of anilines is 1. The van der Waals surface area contributed by atoms with E-state index in [4.69, 9.17) is 10.1 Å². The second kappa shape index (κ2) is 6.76. The van der Waals surface area contributed by atoms with E-state index in [0.717, 1.165) is 54.4 Å². The summed E-state index contributed by atoms with van der Waals surface area (Å²) in [6.45, 7) is 1.66. The summed E-state index contributed by atoms with van der Waals surface area (Å²) in [7, 11) is 0. The van der Waals surface area contributed by atoms with Crippen molar-refractivity contribution in [1.82, 2.24) is 19.1 Å². The van der Waals surface area contributed by atoms with Gasteiger partial charge in [0.2, 0.25) is 5.13 Å². The predicted molar refractivity (Wildman–Crippen MR) is 102 cm³/mol. The molecule has 5 rings (SSSR count). The zero-order valence-electron chi connectivity index (χ0n) is 15.1. The van der Waals surface area contributed by atoms with Gasteiger partial charge in [-0.25, -0.2) is 9.67 Å². The number of nitrogens with zero attached hydrogens (tertiary/aromatic N) is 5. The molecule has 1 saturated carbocycles. The number of aryl methyl sites for hydroxylation is 2. The minimum absolute atomic E-state index is 0.0462. The second-order valence-electron chi connectivity index (χ2n) is 7.90. The molecule has 1 atom stereocenters. The van der Waals surface area contributed by atoms with E-state index in [1.54, 1.807) is 4.68 Å². The molecule has 2 aliphatic carbocycles. The van der Waals surface area contributed by atoms with Gasteiger partial charge in [0.1, 0.15) is 5.82 Å². The number of hydrogen-bond donors (Lipinski definition) is 0. The van der Waals surface area contributed by atoms with E-state index in [9.17, 15) is 4.79 Å². The molecule has 26 heavy (non-hydrogen) atoms. The molecule has 2 aromatic rings. The summed E-state index contributed by atoms with van der Waals surface area (Å²) < 4.78 is 6.30. The quantitative estimate of drug-likeness (QED) is 0.827. The first-order chi connectivity index (χ1) is 12.8. The predicted octanol–water partition coefficient (Wildman–Crippen LogP) is 2.91. The van der Waals surface area contributed by atoms with Crippen LogP contribution < -0.4 is 10.5 Å². The van der Waals surface area contributed by atoms with Crippen LogP contribution in [0.1, 0.15) is 67.9 Å². The van der Waals surface area contributed by atoms with Crippen LogP contribution in [0.15, 0.2) is 10.9 Å². The van der Waals surface area contributed by atoms with Crippen LogP contribution in [0.5, 0.6) is 0 Å². The minimum Gasteiger partial charge on any atom is -0.342 e. The van der Waals surface area contributed by atoms with Gasteiger partial charge in [-0.2, -0.15) is 9.47 Å². The van der Waals surface area contributed by atoms with Gasteiger partial charge < -0.3 is 4.90 Å². The lowest BCUT2D eigenvalue weighted by molar-refractivity contribution is 0.404. The van der Waals surface area contributed by atoms with Crippen LogP contribution in [0.4, 0.5) is 5.13 Å². The molecule has 0 spiro atoms. The average Bonchev–Trinajstić information content (AvgIpc) is 3.23. The van der Waals surface area contributed by atoms with E-state index >= 15 is 0 Å². The molecule has 7 heteroatoms. The Hall–Kier alpha value is -1.76. The Morgan fingerprint density at radius 2 is 2.00 bits per heavy atom. The van der Waals surface area contributed by atoms with Crippen molar-refractivity contribution in [2.24, 2.45) is 0 Å². The van der Waals surface area contributed by atoms with Gasteiger partial charge in [-0.1, -0.05) is 6.42 Å². The van der Waals surface area contributed by atoms with E-state index in [0.29, 0.717) is 18.5 Å². The first-order valence-corrected chi connectivity index (χ1v) is 10.8. The molecule has 3 heterocycles. The van der Waals surface area contributed by atoms with Crippen LogP contribution in [-0.2, 0) is 19.4 Å². The van der Waals surface area contributed by atoms with Crippen molar-refractivity contribution < 1.29 is 0 Å². The normalized spacial score (nSPS) is 23.1. The van der Waals surface area contributed by atoms with Crippen LogP contribution in [0, 0.1) is 0 Å². The highest BCUT2D eigenvalue weighted by Crippen LogP contribution is 2.37. The van der Waals surface area contributed by atoms with Crippen LogP contribution in [-0.4, -0.2) is 31.7 Å². The third-order valence-electron chi connectivity index (χ3n) is 6.18. The van der Waals surface area contributed by atoms with Crippen molar-refractivity contribution in [3.8, 4) is 0 Å². The monoisotopic (exact) mass is 371 g/mol. The topological polar surface area (TPSA) is 63.9 Å². The summed E-state index contributed by atoms with van der Waals surface area (Å²) in [6, 6.07) is 2.12. The molecule has 0 N–H and O–H groups in total. The average molecular weight is 372 g/mol. The lowest BCUT2D eigenvalue weighted by Gasteiger charge is -2.25. The van der Waals surface area contributed by atoms with Crippen molar-refractivity contribution in [3.63, 3.8) is 0 Å². The van der Waals surface area contributed by atoms with Crippen molar-refractivity contribution in [2.75, 3.05) is 11.4 Å². The van der Waals surface area contributed by atoms with Gasteiger partial charge in [0.05, 0.1) is 18.3 Å². The molecule has 0 bridgehead atoms. The fraction of sp³-hybridized carbons (Fsp3) is 0.684. The number of rotatable bonds is 4. The fourth-order valence-electron chi connectivity index (χ4n) is 4.38. The first kappa shape index (κ1) is 16.4. The van der Waals surface area contributed by atoms with E-state index in [1.165, 1.54) is 43.6 Å². The summed E-state index contributed by atoms with van der Waals surface area (Å²) in [5, 5.41) is 5.73. The van der Waals surface area contributed by atoms with Crippen LogP contribution in [0.25, 0.3) is 0 Å². The van der Waals surface area contributed by atoms with E-state index < -0.39 is 0 Å². The van der Waals surface area contributed by atoms with Gasteiger partial charge >= 0.3 is 0 Å². The standard InChI is InChI=1S/C19H25N5OS/c25-17-11-14-5-1-2-9-16(14)21-24(17)12-15-8-4-10-23(15)19-20-18(22-26-19)13-6-3-7-13/h11,13,15H,1-10,12H2. The smallest absolute Gasteiger partial charge is 0.267 e. The fourth-order valence-corrected chi connectivity index (χ4v) is 5.23. The van der Waals surface area contributed by atoms with Gasteiger partial charge in [0.15, 0.2) is 0 Å². The van der Waals surface area contributed by atoms with E-state index in [2.05, 4.69) is 9.27 Å². The van der Waals surface area contributed by atoms with Gasteiger partial charge in [0.25, 0.3) is 5.56 Å². The summed E-state index contributed by atoms with van der Waals surface area (Å²) in [5.74, 6) is 1.61. The Bertz CT molecular complexity index is 856. The molecule has 2 fully saturated rings. The molecule has 0 aromatic carbocycles. The first-order valence-electron chi connectivity index (χ1n) is 9.98. The Labute approximate surface area is 157 Å². The van der Waals surface area contributed by atoms with Crippen molar-refractivity contribution in [1.29, 1.82) is 0 Å². The third-order valence-corrected chi connectivity index (χ3v) is 6.95. The zero-order valence-corrected chi connectivity index (χ0v) is 15.9. The molecule has 3 aliphatic rings. The maximum atomic E-state index is 12.5. The Morgan fingerprint density at radius 1 is 1.12 bits per heavy atom. The number of hydrogen-bond acceptors (Lipinski definition) is 6. The highest BCUT2D eigenvalue weighted by Gasteiger charge is 2.30. The van der Waals surface area contributed by atoms with Crippen molar-refractivity contribution in [3.05, 3.63) is 33.5 Å². The maximum Gasteiger partial charge on any atom is 0.267 e. The van der Waals surface area contributed by atoms with Crippen LogP contribution >= 0.6 is 11.5 Å². The molecule has 1 saturated heterocycles. The van der Waals surface area contributed by atoms with Gasteiger partial charge in [-0.05, 0) is 56.9 Å². The van der Waals surface area contributed by atoms with Gasteiger partial charge in [-0.3, -0.25) is 4.79 Å². The molecule has 1 unspecified atom stereocenters. The Kier molecular flexibility index (Phi) is 4.27. The van der Waals surface area contributed by atoms with E-state index in [1.807, 2.05) is 6.07 Å². The summed E-state index contributed by atoms with van der Waals surface area (Å²) in [4.78, 5) is 19.7. The van der Waals surface area contributed by atoms with Gasteiger partial charge in [-0.15, -0.1) is 0 Å². The highest BCUT2D eigenvalue weighted by molar-refractivity contribution is 7.09. The van der Waals surface area contributed by atoms with E-state index in [-0.39, 0.29) is 5.56 Å². The zero-order chi connectivity index (χ0) is 17.5. The summed E-state index contributed by atoms with van der Waals surface area (Å²) in [6.07, 6.45) is 10.4. The summed E-state index contributed by atoms with van der Waals surface area (Å²) in [5.41, 5.74) is 2.34. The van der Waals surface area contributed by atoms with Crippen molar-refractivity contribution >= 4 is 16.7 Å². The number of fused-ring (bicyclic) bond motifs is 1. The highest BCUT2D eigenvalue weighted by atomic mass is 32.1. The maximum absolute atomic E-state index is 12.5. The van der Waals surface area contributed by atoms with Crippen molar-refractivity contribution in [2.45, 2.75) is 76.3 Å². The largest absolute Gasteiger partial charge is 0.342 e. The Balaban J connectivity index is 1.36. The molecule has 0 radical (unpaired) electrons. The van der Waals surface area contributed by atoms with Crippen LogP contribution in [0.3, 0.4) is 0 Å². The number of aromatic nitrogens is 4. The molecular weight excluding hydrogens is 346 g/mol. The minimum atomic E-state index is 0.0462. The summed E-state index contributed by atoms with van der Waals surface area (Å²) >= 11 is 1.52. The lowest BCUT2D eigenvalue weighted by Crippen LogP contribution is -2.38. The Morgan fingerprint density at radius 3 is 2.85 bits per heavy atom. The molecule has 138 valence electrons. The molecule has 0 amide bonds. The lowest BCUT2D eigenvalue weighted by atomic mass is 9.85. The molecule has 6 nitrogen and oxygen atoms in total. The molecular formula is C19H25N5OS. The van der Waals surface area contributed by atoms with Gasteiger partial charge in [0, 0.05) is 30.1 Å². The van der Waals surface area contributed by atoms with Crippen LogP contribution in [0.2, 0.25) is 0 Å². The second-order valence-corrected chi connectivity index (χ2v) is 8.63. The molecule has 2 aromatic heterocycles. The third kappa shape index (κ3) is 2.96.